The summed E-state index contributed by atoms with van der Waals surface area (Å²) in [4.78, 5) is 2.48. The van der Waals surface area contributed by atoms with Gasteiger partial charge in [0.05, 0.1) is 0 Å². The van der Waals surface area contributed by atoms with Gasteiger partial charge in [-0.2, -0.15) is 0 Å². The van der Waals surface area contributed by atoms with Crippen LogP contribution in [0.4, 0.5) is 0 Å². The maximum Gasteiger partial charge on any atom is 0.122 e. The van der Waals surface area contributed by atoms with Gasteiger partial charge in [0.2, 0.25) is 0 Å². The van der Waals surface area contributed by atoms with Gasteiger partial charge in [-0.25, -0.2) is 0 Å². The molecule has 1 aromatic carbocycles. The summed E-state index contributed by atoms with van der Waals surface area (Å²) in [5.74, 6) is 0. The van der Waals surface area contributed by atoms with E-state index in [0.717, 1.165) is 0 Å². The molecule has 0 unspecified atom stereocenters. The van der Waals surface area contributed by atoms with E-state index in [1.54, 1.807) is 0 Å². The standard InChI is InChI=1S/C16H23NO/c1-13-15(14-9-5-3-6-10-14)18-16(17(13)2)11-7-4-8-12-16/h3,5-6,9-10,13,15H,4,7-8,11-12H2,1-2H3/t13-,15-/m0/s1. The Morgan fingerprint density at radius 3 is 2.44 bits per heavy atom. The van der Waals surface area contributed by atoms with Gasteiger partial charge in [0, 0.05) is 6.04 Å². The summed E-state index contributed by atoms with van der Waals surface area (Å²) in [6.45, 7) is 2.29. The minimum Gasteiger partial charge on any atom is -0.351 e. The molecule has 18 heavy (non-hydrogen) atoms. The second kappa shape index (κ2) is 4.67. The van der Waals surface area contributed by atoms with Gasteiger partial charge >= 0.3 is 0 Å². The molecular weight excluding hydrogens is 222 g/mol. The molecule has 0 N–H and O–H groups in total. The van der Waals surface area contributed by atoms with Crippen LogP contribution in [-0.4, -0.2) is 23.7 Å². The molecule has 1 aliphatic heterocycles. The fourth-order valence-electron chi connectivity index (χ4n) is 3.56. The Balaban J connectivity index is 1.86. The summed E-state index contributed by atoms with van der Waals surface area (Å²) in [5.41, 5.74) is 1.33. The smallest absolute Gasteiger partial charge is 0.122 e. The van der Waals surface area contributed by atoms with Crippen molar-refractivity contribution in [1.29, 1.82) is 0 Å². The van der Waals surface area contributed by atoms with E-state index in [9.17, 15) is 0 Å². The van der Waals surface area contributed by atoms with E-state index < -0.39 is 0 Å². The Morgan fingerprint density at radius 1 is 1.11 bits per heavy atom. The van der Waals surface area contributed by atoms with Crippen molar-refractivity contribution in [3.8, 4) is 0 Å². The largest absolute Gasteiger partial charge is 0.351 e. The predicted molar refractivity (Wildman–Crippen MR) is 73.3 cm³/mol. The fourth-order valence-corrected chi connectivity index (χ4v) is 3.56. The van der Waals surface area contributed by atoms with E-state index in [4.69, 9.17) is 4.74 Å². The zero-order chi connectivity index (χ0) is 12.6. The van der Waals surface area contributed by atoms with Gasteiger partial charge in [-0.1, -0.05) is 36.8 Å². The van der Waals surface area contributed by atoms with Gasteiger partial charge < -0.3 is 4.74 Å². The summed E-state index contributed by atoms with van der Waals surface area (Å²) in [7, 11) is 2.24. The van der Waals surface area contributed by atoms with Crippen LogP contribution >= 0.6 is 0 Å². The molecule has 2 nitrogen and oxygen atoms in total. The number of hydrogen-bond acceptors (Lipinski definition) is 2. The van der Waals surface area contributed by atoms with E-state index in [0.29, 0.717) is 6.04 Å². The van der Waals surface area contributed by atoms with Crippen LogP contribution in [0.2, 0.25) is 0 Å². The third kappa shape index (κ3) is 1.88. The molecular formula is C16H23NO. The number of ether oxygens (including phenoxy) is 1. The molecule has 0 aromatic heterocycles. The molecule has 2 heteroatoms. The topological polar surface area (TPSA) is 12.5 Å². The lowest BCUT2D eigenvalue weighted by molar-refractivity contribution is -0.120. The summed E-state index contributed by atoms with van der Waals surface area (Å²) in [6.07, 6.45) is 6.59. The molecule has 1 spiro atoms. The van der Waals surface area contributed by atoms with Crippen LogP contribution in [0.25, 0.3) is 0 Å². The molecule has 0 bridgehead atoms. The number of likely N-dealkylation sites (N-methyl/N-ethyl adjacent to an activating group) is 1. The summed E-state index contributed by atoms with van der Waals surface area (Å²) >= 11 is 0. The van der Waals surface area contributed by atoms with E-state index in [1.807, 2.05) is 0 Å². The van der Waals surface area contributed by atoms with Crippen molar-refractivity contribution in [2.75, 3.05) is 7.05 Å². The lowest BCUT2D eigenvalue weighted by atomic mass is 9.90. The highest BCUT2D eigenvalue weighted by Gasteiger charge is 2.49. The highest BCUT2D eigenvalue weighted by molar-refractivity contribution is 5.21. The monoisotopic (exact) mass is 245 g/mol. The summed E-state index contributed by atoms with van der Waals surface area (Å²) in [6, 6.07) is 11.1. The number of hydrogen-bond donors (Lipinski definition) is 0. The molecule has 1 heterocycles. The van der Waals surface area contributed by atoms with E-state index in [2.05, 4.69) is 49.2 Å². The SMILES string of the molecule is C[C@H]1[C@@H](c2ccccc2)OC2(CCCCC2)N1C. The molecule has 98 valence electrons. The maximum absolute atomic E-state index is 6.53. The molecule has 1 aromatic rings. The Labute approximate surface area is 110 Å². The second-order valence-electron chi connectivity index (χ2n) is 5.81. The third-order valence-corrected chi connectivity index (χ3v) is 4.80. The average molecular weight is 245 g/mol. The van der Waals surface area contributed by atoms with Gasteiger partial charge in [-0.15, -0.1) is 0 Å². The van der Waals surface area contributed by atoms with E-state index >= 15 is 0 Å². The first-order chi connectivity index (χ1) is 8.73. The Hall–Kier alpha value is -0.860. The summed E-state index contributed by atoms with van der Waals surface area (Å²) in [5, 5.41) is 0. The van der Waals surface area contributed by atoms with Crippen molar-refractivity contribution in [3.05, 3.63) is 35.9 Å². The molecule has 0 amide bonds. The minimum absolute atomic E-state index is 0.0121. The first-order valence-electron chi connectivity index (χ1n) is 7.19. The van der Waals surface area contributed by atoms with Crippen molar-refractivity contribution in [2.45, 2.75) is 56.9 Å². The van der Waals surface area contributed by atoms with E-state index in [-0.39, 0.29) is 11.8 Å². The van der Waals surface area contributed by atoms with Crippen LogP contribution in [0.15, 0.2) is 30.3 Å². The Morgan fingerprint density at radius 2 is 1.78 bits per heavy atom. The molecule has 2 aliphatic rings. The van der Waals surface area contributed by atoms with Gasteiger partial charge in [0.15, 0.2) is 0 Å². The second-order valence-corrected chi connectivity index (χ2v) is 5.81. The predicted octanol–water partition coefficient (Wildman–Crippen LogP) is 3.74. The minimum atomic E-state index is 0.0121. The zero-order valence-corrected chi connectivity index (χ0v) is 11.4. The van der Waals surface area contributed by atoms with Crippen LogP contribution < -0.4 is 0 Å². The van der Waals surface area contributed by atoms with Gasteiger partial charge in [-0.3, -0.25) is 4.90 Å². The first kappa shape index (κ1) is 12.2. The Kier molecular flexibility index (Phi) is 3.16. The zero-order valence-electron chi connectivity index (χ0n) is 11.4. The number of benzene rings is 1. The fraction of sp³-hybridized carbons (Fsp3) is 0.625. The van der Waals surface area contributed by atoms with Crippen molar-refractivity contribution in [1.82, 2.24) is 4.90 Å². The van der Waals surface area contributed by atoms with Gasteiger partial charge in [0.1, 0.15) is 11.8 Å². The highest BCUT2D eigenvalue weighted by Crippen LogP contribution is 2.46. The van der Waals surface area contributed by atoms with Crippen LogP contribution in [0.5, 0.6) is 0 Å². The highest BCUT2D eigenvalue weighted by atomic mass is 16.5. The Bertz CT molecular complexity index is 397. The molecule has 0 radical (unpaired) electrons. The molecule has 3 rings (SSSR count). The van der Waals surface area contributed by atoms with Gasteiger partial charge in [-0.05, 0) is 45.2 Å². The van der Waals surface area contributed by atoms with Crippen LogP contribution in [0, 0.1) is 0 Å². The first-order valence-corrected chi connectivity index (χ1v) is 7.19. The quantitative estimate of drug-likeness (QED) is 0.747. The number of rotatable bonds is 1. The van der Waals surface area contributed by atoms with Crippen LogP contribution in [-0.2, 0) is 4.74 Å². The van der Waals surface area contributed by atoms with Crippen LogP contribution in [0.1, 0.15) is 50.7 Å². The molecule has 1 saturated heterocycles. The van der Waals surface area contributed by atoms with Crippen molar-refractivity contribution in [2.24, 2.45) is 0 Å². The van der Waals surface area contributed by atoms with Crippen molar-refractivity contribution < 1.29 is 4.74 Å². The molecule has 2 fully saturated rings. The molecule has 2 atom stereocenters. The average Bonchev–Trinajstić information content (AvgIpc) is 2.67. The molecule has 1 saturated carbocycles. The van der Waals surface area contributed by atoms with Crippen molar-refractivity contribution in [3.63, 3.8) is 0 Å². The van der Waals surface area contributed by atoms with E-state index in [1.165, 1.54) is 37.7 Å². The van der Waals surface area contributed by atoms with Crippen LogP contribution in [0.3, 0.4) is 0 Å². The maximum atomic E-state index is 6.53. The number of nitrogens with zero attached hydrogens (tertiary/aromatic N) is 1. The van der Waals surface area contributed by atoms with Gasteiger partial charge in [0.25, 0.3) is 0 Å². The summed E-state index contributed by atoms with van der Waals surface area (Å²) < 4.78 is 6.53. The van der Waals surface area contributed by atoms with Crippen molar-refractivity contribution >= 4 is 0 Å². The third-order valence-electron chi connectivity index (χ3n) is 4.80. The normalized spacial score (nSPS) is 31.9. The lowest BCUT2D eigenvalue weighted by Crippen LogP contribution is -2.46. The molecule has 1 aliphatic carbocycles. The lowest BCUT2D eigenvalue weighted by Gasteiger charge is -2.39.